The number of amides is 1. The summed E-state index contributed by atoms with van der Waals surface area (Å²) in [6.45, 7) is 0. The van der Waals surface area contributed by atoms with Gasteiger partial charge in [0.15, 0.2) is 0 Å². The molecular weight excluding hydrogens is 364 g/mol. The molecule has 0 bridgehead atoms. The van der Waals surface area contributed by atoms with Gasteiger partial charge in [-0.2, -0.15) is 5.26 Å². The van der Waals surface area contributed by atoms with Crippen molar-refractivity contribution in [2.75, 3.05) is 14.1 Å². The van der Waals surface area contributed by atoms with E-state index in [4.69, 9.17) is 4.74 Å². The Kier molecular flexibility index (Phi) is 6.06. The van der Waals surface area contributed by atoms with E-state index < -0.39 is 12.1 Å². The van der Waals surface area contributed by atoms with Crippen LogP contribution in [0.5, 0.6) is 0 Å². The molecule has 0 N–H and O–H groups in total. The van der Waals surface area contributed by atoms with Gasteiger partial charge in [0.25, 0.3) is 5.91 Å². The van der Waals surface area contributed by atoms with E-state index in [1.807, 2.05) is 6.07 Å². The molecule has 0 aromatic heterocycles. The Morgan fingerprint density at radius 1 is 0.862 bits per heavy atom. The van der Waals surface area contributed by atoms with Gasteiger partial charge in [-0.05, 0) is 17.7 Å². The zero-order valence-electron chi connectivity index (χ0n) is 16.2. The highest BCUT2D eigenvalue weighted by Crippen LogP contribution is 2.29. The summed E-state index contributed by atoms with van der Waals surface area (Å²) >= 11 is 0. The third-order valence-electron chi connectivity index (χ3n) is 4.48. The maximum atomic E-state index is 13.1. The van der Waals surface area contributed by atoms with E-state index in [1.54, 1.807) is 86.9 Å². The highest BCUT2D eigenvalue weighted by molar-refractivity contribution is 5.99. The van der Waals surface area contributed by atoms with Gasteiger partial charge in [0, 0.05) is 25.2 Å². The van der Waals surface area contributed by atoms with Crippen molar-refractivity contribution >= 4 is 11.9 Å². The molecule has 0 saturated carbocycles. The fraction of sp³-hybridized carbons (Fsp3) is 0.125. The summed E-state index contributed by atoms with van der Waals surface area (Å²) in [6.07, 6.45) is -1.06. The quantitative estimate of drug-likeness (QED) is 0.618. The lowest BCUT2D eigenvalue weighted by Crippen LogP contribution is -2.31. The van der Waals surface area contributed by atoms with Gasteiger partial charge < -0.3 is 9.64 Å². The standard InChI is InChI=1S/C24H20N2O3/c1-26(2)23(27)22(17-10-4-3-5-11-17)29-24(28)21-15-9-8-14-20(21)19-13-7-6-12-18(19)16-25/h3-15,22H,1-2H3/t22-/m1/s1. The maximum absolute atomic E-state index is 13.1. The summed E-state index contributed by atoms with van der Waals surface area (Å²) in [4.78, 5) is 27.1. The second kappa shape index (κ2) is 8.85. The lowest BCUT2D eigenvalue weighted by Gasteiger charge is -2.22. The van der Waals surface area contributed by atoms with E-state index >= 15 is 0 Å². The monoisotopic (exact) mass is 384 g/mol. The van der Waals surface area contributed by atoms with E-state index in [2.05, 4.69) is 6.07 Å². The minimum absolute atomic E-state index is 0.294. The Labute approximate surface area is 169 Å². The van der Waals surface area contributed by atoms with E-state index in [0.717, 1.165) is 0 Å². The second-order valence-electron chi connectivity index (χ2n) is 6.63. The molecule has 0 unspecified atom stereocenters. The third-order valence-corrected chi connectivity index (χ3v) is 4.48. The van der Waals surface area contributed by atoms with Crippen molar-refractivity contribution in [3.63, 3.8) is 0 Å². The van der Waals surface area contributed by atoms with Crippen LogP contribution in [0, 0.1) is 11.3 Å². The van der Waals surface area contributed by atoms with Gasteiger partial charge in [0.2, 0.25) is 6.10 Å². The first-order chi connectivity index (χ1) is 14.0. The van der Waals surface area contributed by atoms with Crippen LogP contribution in [-0.4, -0.2) is 30.9 Å². The maximum Gasteiger partial charge on any atom is 0.339 e. The van der Waals surface area contributed by atoms with Crippen LogP contribution in [0.3, 0.4) is 0 Å². The Hall–Kier alpha value is -3.91. The van der Waals surface area contributed by atoms with Crippen LogP contribution in [-0.2, 0) is 9.53 Å². The van der Waals surface area contributed by atoms with Crippen molar-refractivity contribution in [2.24, 2.45) is 0 Å². The number of carbonyl (C=O) groups excluding carboxylic acids is 2. The molecule has 29 heavy (non-hydrogen) atoms. The molecule has 1 amide bonds. The molecule has 0 fully saturated rings. The number of ether oxygens (including phenoxy) is 1. The van der Waals surface area contributed by atoms with Crippen LogP contribution in [0.1, 0.15) is 27.6 Å². The Balaban J connectivity index is 2.00. The first kappa shape index (κ1) is 19.8. The van der Waals surface area contributed by atoms with Crippen molar-refractivity contribution in [3.05, 3.63) is 95.6 Å². The number of hydrogen-bond donors (Lipinski definition) is 0. The zero-order chi connectivity index (χ0) is 20.8. The first-order valence-corrected chi connectivity index (χ1v) is 9.08. The number of hydrogen-bond acceptors (Lipinski definition) is 4. The van der Waals surface area contributed by atoms with Gasteiger partial charge in [-0.3, -0.25) is 4.79 Å². The van der Waals surface area contributed by atoms with E-state index in [1.165, 1.54) is 4.90 Å². The Bertz CT molecular complexity index is 1070. The summed E-state index contributed by atoms with van der Waals surface area (Å²) in [5.41, 5.74) is 2.56. The largest absolute Gasteiger partial charge is 0.444 e. The average molecular weight is 384 g/mol. The van der Waals surface area contributed by atoms with E-state index in [9.17, 15) is 14.9 Å². The van der Waals surface area contributed by atoms with Crippen LogP contribution in [0.15, 0.2) is 78.9 Å². The molecular formula is C24H20N2O3. The van der Waals surface area contributed by atoms with Crippen LogP contribution in [0.25, 0.3) is 11.1 Å². The number of esters is 1. The molecule has 144 valence electrons. The molecule has 0 aliphatic carbocycles. The van der Waals surface area contributed by atoms with Gasteiger partial charge in [0.05, 0.1) is 17.2 Å². The molecule has 3 aromatic carbocycles. The SMILES string of the molecule is CN(C)C(=O)[C@H](OC(=O)c1ccccc1-c1ccccc1C#N)c1ccccc1. The van der Waals surface area contributed by atoms with Gasteiger partial charge in [0.1, 0.15) is 0 Å². The molecule has 0 radical (unpaired) electrons. The lowest BCUT2D eigenvalue weighted by atomic mass is 9.96. The predicted molar refractivity (Wildman–Crippen MR) is 110 cm³/mol. The first-order valence-electron chi connectivity index (χ1n) is 9.08. The summed E-state index contributed by atoms with van der Waals surface area (Å²) < 4.78 is 5.67. The number of nitrogens with zero attached hydrogens (tertiary/aromatic N) is 2. The summed E-state index contributed by atoms with van der Waals surface area (Å²) in [5.74, 6) is -0.961. The molecule has 0 aliphatic rings. The highest BCUT2D eigenvalue weighted by atomic mass is 16.5. The Morgan fingerprint density at radius 2 is 1.45 bits per heavy atom. The average Bonchev–Trinajstić information content (AvgIpc) is 2.77. The van der Waals surface area contributed by atoms with Gasteiger partial charge in [-0.25, -0.2) is 4.79 Å². The van der Waals surface area contributed by atoms with Crippen LogP contribution >= 0.6 is 0 Å². The van der Waals surface area contributed by atoms with Crippen molar-refractivity contribution < 1.29 is 14.3 Å². The molecule has 5 heteroatoms. The summed E-state index contributed by atoms with van der Waals surface area (Å²) in [5, 5.41) is 9.42. The molecule has 5 nitrogen and oxygen atoms in total. The molecule has 0 heterocycles. The lowest BCUT2D eigenvalue weighted by molar-refractivity contribution is -0.138. The number of benzene rings is 3. The minimum Gasteiger partial charge on any atom is -0.444 e. The number of nitriles is 1. The molecule has 3 aromatic rings. The Morgan fingerprint density at radius 3 is 2.10 bits per heavy atom. The number of rotatable bonds is 5. The molecule has 0 spiro atoms. The van der Waals surface area contributed by atoms with Gasteiger partial charge in [-0.15, -0.1) is 0 Å². The van der Waals surface area contributed by atoms with E-state index in [-0.39, 0.29) is 5.91 Å². The third kappa shape index (κ3) is 4.33. The molecule has 0 saturated heterocycles. The van der Waals surface area contributed by atoms with Crippen LogP contribution in [0.4, 0.5) is 0 Å². The van der Waals surface area contributed by atoms with Crippen LogP contribution in [0.2, 0.25) is 0 Å². The molecule has 0 aliphatic heterocycles. The minimum atomic E-state index is -1.06. The number of carbonyl (C=O) groups is 2. The van der Waals surface area contributed by atoms with Gasteiger partial charge >= 0.3 is 5.97 Å². The topological polar surface area (TPSA) is 70.4 Å². The number of likely N-dealkylation sites (N-methyl/N-ethyl adjacent to an activating group) is 1. The fourth-order valence-electron chi connectivity index (χ4n) is 3.01. The normalized spacial score (nSPS) is 11.2. The highest BCUT2D eigenvalue weighted by Gasteiger charge is 2.28. The van der Waals surface area contributed by atoms with E-state index in [0.29, 0.717) is 27.8 Å². The zero-order valence-corrected chi connectivity index (χ0v) is 16.2. The molecule has 3 rings (SSSR count). The van der Waals surface area contributed by atoms with Crippen molar-refractivity contribution in [2.45, 2.75) is 6.10 Å². The smallest absolute Gasteiger partial charge is 0.339 e. The van der Waals surface area contributed by atoms with Crippen molar-refractivity contribution in [1.82, 2.24) is 4.90 Å². The summed E-state index contributed by atoms with van der Waals surface area (Å²) in [6, 6.07) is 25.0. The van der Waals surface area contributed by atoms with Gasteiger partial charge in [-0.1, -0.05) is 66.7 Å². The molecule has 1 atom stereocenters. The summed E-state index contributed by atoms with van der Waals surface area (Å²) in [7, 11) is 3.23. The predicted octanol–water partition coefficient (Wildman–Crippen LogP) is 4.21. The fourth-order valence-corrected chi connectivity index (χ4v) is 3.01. The second-order valence-corrected chi connectivity index (χ2v) is 6.63. The van der Waals surface area contributed by atoms with Crippen molar-refractivity contribution in [3.8, 4) is 17.2 Å². The van der Waals surface area contributed by atoms with Crippen LogP contribution < -0.4 is 0 Å². The van der Waals surface area contributed by atoms with Crippen molar-refractivity contribution in [1.29, 1.82) is 5.26 Å².